The summed E-state index contributed by atoms with van der Waals surface area (Å²) in [5.41, 5.74) is 1.99. The van der Waals surface area contributed by atoms with Crippen LogP contribution in [0, 0.1) is 17.8 Å². The van der Waals surface area contributed by atoms with E-state index in [0.29, 0.717) is 18.9 Å². The summed E-state index contributed by atoms with van der Waals surface area (Å²) in [6.07, 6.45) is 4.25. The highest BCUT2D eigenvalue weighted by Gasteiger charge is 2.55. The third-order valence-corrected chi connectivity index (χ3v) is 9.21. The highest BCUT2D eigenvalue weighted by atomic mass is 16.7. The van der Waals surface area contributed by atoms with Crippen LogP contribution >= 0.6 is 0 Å². The van der Waals surface area contributed by atoms with Crippen molar-refractivity contribution in [2.45, 2.75) is 116 Å². The fraction of sp³-hybridized carbons (Fsp3) is 0.629. The Morgan fingerprint density at radius 1 is 0.881 bits per heavy atom. The van der Waals surface area contributed by atoms with Gasteiger partial charge < -0.3 is 28.4 Å². The molecule has 0 saturated carbocycles. The Morgan fingerprint density at radius 3 is 2.31 bits per heavy atom. The van der Waals surface area contributed by atoms with Gasteiger partial charge in [0, 0.05) is 12.8 Å². The first kappa shape index (κ1) is 31.0. The smallest absolute Gasteiger partial charge is 0.308 e. The predicted molar refractivity (Wildman–Crippen MR) is 160 cm³/mol. The Kier molecular flexibility index (Phi) is 10.3. The lowest BCUT2D eigenvalue weighted by Crippen LogP contribution is -2.62. The Hall–Kier alpha value is -2.45. The van der Waals surface area contributed by atoms with Gasteiger partial charge in [0.25, 0.3) is 0 Å². The first-order valence-electron chi connectivity index (χ1n) is 15.7. The number of fused-ring (bicyclic) bond motifs is 1. The minimum Gasteiger partial charge on any atom is -0.497 e. The number of rotatable bonds is 10. The number of carbonyl (C=O) groups excluding carboxylic acids is 1. The Balaban J connectivity index is 1.30. The van der Waals surface area contributed by atoms with E-state index in [1.807, 2.05) is 54.6 Å². The van der Waals surface area contributed by atoms with Crippen LogP contribution in [0.4, 0.5) is 0 Å². The van der Waals surface area contributed by atoms with Crippen LogP contribution in [0.25, 0.3) is 0 Å². The molecule has 2 aromatic rings. The molecule has 1 spiro atoms. The number of benzene rings is 2. The molecule has 3 fully saturated rings. The molecule has 0 amide bonds. The van der Waals surface area contributed by atoms with Crippen LogP contribution in [0.5, 0.6) is 5.75 Å². The van der Waals surface area contributed by atoms with Crippen molar-refractivity contribution in [1.29, 1.82) is 0 Å². The number of esters is 1. The van der Waals surface area contributed by atoms with E-state index in [1.54, 1.807) is 7.11 Å². The lowest BCUT2D eigenvalue weighted by molar-refractivity contribution is -0.376. The highest BCUT2D eigenvalue weighted by molar-refractivity contribution is 5.70. The Morgan fingerprint density at radius 2 is 1.60 bits per heavy atom. The van der Waals surface area contributed by atoms with Gasteiger partial charge >= 0.3 is 5.97 Å². The molecule has 3 saturated heterocycles. The van der Waals surface area contributed by atoms with Gasteiger partial charge in [-0.05, 0) is 53.9 Å². The van der Waals surface area contributed by atoms with Crippen LogP contribution < -0.4 is 4.74 Å². The minimum absolute atomic E-state index is 0.0218. The molecule has 9 atom stereocenters. The molecule has 7 nitrogen and oxygen atoms in total. The molecule has 42 heavy (non-hydrogen) atoms. The number of methoxy groups -OCH3 is 1. The first-order chi connectivity index (χ1) is 20.3. The van der Waals surface area contributed by atoms with Crippen molar-refractivity contribution in [3.05, 3.63) is 65.7 Å². The van der Waals surface area contributed by atoms with Gasteiger partial charge in [-0.15, -0.1) is 0 Å². The zero-order valence-electron chi connectivity index (χ0n) is 25.8. The molecule has 0 bridgehead atoms. The molecular weight excluding hydrogens is 532 g/mol. The second kappa shape index (κ2) is 13.9. The van der Waals surface area contributed by atoms with Gasteiger partial charge in [0.05, 0.1) is 50.7 Å². The number of carbonyl (C=O) groups is 1. The second-order valence-corrected chi connectivity index (χ2v) is 12.7. The summed E-state index contributed by atoms with van der Waals surface area (Å²) in [6.45, 7) is 9.57. The largest absolute Gasteiger partial charge is 0.497 e. The molecule has 5 rings (SSSR count). The van der Waals surface area contributed by atoms with Crippen LogP contribution in [0.2, 0.25) is 0 Å². The summed E-state index contributed by atoms with van der Waals surface area (Å²) < 4.78 is 37.8. The quantitative estimate of drug-likeness (QED) is 0.285. The standard InChI is InChI=1S/C35H48O7/c1-6-10-29-23(2)17-30-34(40-29)25(4)20-35(41-30)19-24(3)33(39-22-27-13-15-28(37-5)16-14-27)31(42-35)18-32(36)38-21-26-11-8-7-9-12-26/h7-9,11-16,23-25,29-31,33-34H,6,10,17-22H2,1-5H3/t23-,24+,25+,29?,30+,31+,33+,34+,35+/m1/s1. The van der Waals surface area contributed by atoms with Crippen molar-refractivity contribution in [3.63, 3.8) is 0 Å². The van der Waals surface area contributed by atoms with E-state index < -0.39 is 11.9 Å². The average Bonchev–Trinajstić information content (AvgIpc) is 2.97. The number of hydrogen-bond donors (Lipinski definition) is 0. The van der Waals surface area contributed by atoms with Crippen molar-refractivity contribution in [2.75, 3.05) is 7.11 Å². The van der Waals surface area contributed by atoms with E-state index in [4.69, 9.17) is 28.4 Å². The fourth-order valence-corrected chi connectivity index (χ4v) is 7.14. The molecule has 3 aliphatic heterocycles. The second-order valence-electron chi connectivity index (χ2n) is 12.7. The van der Waals surface area contributed by atoms with Gasteiger partial charge in [0.2, 0.25) is 0 Å². The Bertz CT molecular complexity index is 1140. The van der Waals surface area contributed by atoms with Crippen molar-refractivity contribution >= 4 is 5.97 Å². The first-order valence-corrected chi connectivity index (χ1v) is 15.7. The highest BCUT2D eigenvalue weighted by Crippen LogP contribution is 2.48. The van der Waals surface area contributed by atoms with Crippen molar-refractivity contribution < 1.29 is 33.2 Å². The molecule has 1 unspecified atom stereocenters. The van der Waals surface area contributed by atoms with Gasteiger partial charge in [0.1, 0.15) is 12.4 Å². The van der Waals surface area contributed by atoms with Gasteiger partial charge in [-0.1, -0.05) is 76.6 Å². The zero-order valence-corrected chi connectivity index (χ0v) is 25.8. The average molecular weight is 581 g/mol. The van der Waals surface area contributed by atoms with Crippen molar-refractivity contribution in [3.8, 4) is 5.75 Å². The van der Waals surface area contributed by atoms with Gasteiger partial charge in [-0.2, -0.15) is 0 Å². The third-order valence-electron chi connectivity index (χ3n) is 9.21. The maximum Gasteiger partial charge on any atom is 0.308 e. The third kappa shape index (κ3) is 7.36. The molecule has 3 heterocycles. The van der Waals surface area contributed by atoms with Gasteiger partial charge in [0.15, 0.2) is 5.79 Å². The van der Waals surface area contributed by atoms with Crippen molar-refractivity contribution in [2.24, 2.45) is 17.8 Å². The molecule has 0 aromatic heterocycles. The van der Waals surface area contributed by atoms with Crippen LogP contribution in [-0.2, 0) is 41.7 Å². The molecule has 3 aliphatic rings. The van der Waals surface area contributed by atoms with Crippen LogP contribution in [-0.4, -0.2) is 49.4 Å². The monoisotopic (exact) mass is 580 g/mol. The van der Waals surface area contributed by atoms with E-state index in [9.17, 15) is 4.79 Å². The molecule has 0 aliphatic carbocycles. The maximum absolute atomic E-state index is 13.2. The molecule has 7 heteroatoms. The summed E-state index contributed by atoms with van der Waals surface area (Å²) in [7, 11) is 1.66. The fourth-order valence-electron chi connectivity index (χ4n) is 7.14. The van der Waals surface area contributed by atoms with Crippen molar-refractivity contribution in [1.82, 2.24) is 0 Å². The number of hydrogen-bond acceptors (Lipinski definition) is 7. The van der Waals surface area contributed by atoms with E-state index in [2.05, 4.69) is 27.7 Å². The molecule has 0 radical (unpaired) electrons. The summed E-state index contributed by atoms with van der Waals surface area (Å²) in [5.74, 6) is 0.555. The van der Waals surface area contributed by atoms with Crippen LogP contribution in [0.1, 0.15) is 77.3 Å². The van der Waals surface area contributed by atoms with E-state index in [1.165, 1.54) is 0 Å². The molecule has 230 valence electrons. The summed E-state index contributed by atoms with van der Waals surface area (Å²) in [4.78, 5) is 13.2. The SMILES string of the molecule is CCCC1O[C@@H]2[C@H](C[C@H]1C)O[C@]1(C[C@H](C)[C@H](OCc3ccc(OC)cc3)[C@H](CC(=O)OCc3ccccc3)O1)C[C@@H]2C. The van der Waals surface area contributed by atoms with E-state index in [-0.39, 0.29) is 55.2 Å². The summed E-state index contributed by atoms with van der Waals surface area (Å²) >= 11 is 0. The predicted octanol–water partition coefficient (Wildman–Crippen LogP) is 6.85. The van der Waals surface area contributed by atoms with E-state index >= 15 is 0 Å². The van der Waals surface area contributed by atoms with E-state index in [0.717, 1.165) is 42.6 Å². The van der Waals surface area contributed by atoms with Gasteiger partial charge in [-0.3, -0.25) is 4.79 Å². The van der Waals surface area contributed by atoms with Gasteiger partial charge in [-0.25, -0.2) is 0 Å². The maximum atomic E-state index is 13.2. The number of ether oxygens (including phenoxy) is 6. The summed E-state index contributed by atoms with van der Waals surface area (Å²) in [6, 6.07) is 17.6. The zero-order chi connectivity index (χ0) is 29.7. The molecular formula is C35H48O7. The lowest BCUT2D eigenvalue weighted by atomic mass is 9.76. The normalized spacial score (nSPS) is 34.5. The topological polar surface area (TPSA) is 72.5 Å². The Labute approximate surface area is 251 Å². The lowest BCUT2D eigenvalue weighted by Gasteiger charge is -2.56. The summed E-state index contributed by atoms with van der Waals surface area (Å²) in [5, 5.41) is 0. The molecule has 2 aromatic carbocycles. The van der Waals surface area contributed by atoms with Crippen LogP contribution in [0.15, 0.2) is 54.6 Å². The minimum atomic E-state index is -0.773. The molecule has 0 N–H and O–H groups in total. The van der Waals surface area contributed by atoms with Crippen LogP contribution in [0.3, 0.4) is 0 Å².